The first-order chi connectivity index (χ1) is 10.7. The molecule has 138 valence electrons. The monoisotopic (exact) mass is 376 g/mol. The molecule has 2 fully saturated rings. The van der Waals surface area contributed by atoms with Crippen LogP contribution in [0, 0.1) is 12.8 Å². The molecule has 1 saturated heterocycles. The van der Waals surface area contributed by atoms with Gasteiger partial charge < -0.3 is 14.8 Å². The number of piperazine rings is 1. The van der Waals surface area contributed by atoms with Crippen LogP contribution in [-0.2, 0) is 0 Å². The number of hydrogen-bond donors (Lipinski definition) is 1. The molecule has 1 aliphatic heterocycles. The highest BCUT2D eigenvalue weighted by atomic mass is 35.5. The van der Waals surface area contributed by atoms with E-state index in [0.29, 0.717) is 6.04 Å². The van der Waals surface area contributed by atoms with Crippen LogP contribution in [0.5, 0.6) is 11.5 Å². The fraction of sp³-hybridized carbons (Fsp3) is 0.667. The van der Waals surface area contributed by atoms with Crippen LogP contribution in [0.3, 0.4) is 0 Å². The molecule has 2 aliphatic rings. The Labute approximate surface area is 158 Å². The molecule has 1 aromatic carbocycles. The molecule has 1 atom stereocenters. The zero-order valence-corrected chi connectivity index (χ0v) is 16.5. The van der Waals surface area contributed by atoms with Crippen molar-refractivity contribution < 1.29 is 9.47 Å². The molecule has 1 saturated carbocycles. The zero-order valence-electron chi connectivity index (χ0n) is 14.8. The molecule has 24 heavy (non-hydrogen) atoms. The molecular weight excluding hydrogens is 347 g/mol. The standard InChI is InChI=1S/C18H28N2O2.2ClH/c1-13-11-15(21-2)17(16(12-13)22-3)18(14-5-4-6-14)20-9-7-19-8-10-20;;/h11-12,14,18-19H,4-10H2,1-3H3;2*1H/t18-;;/m1../s1. The topological polar surface area (TPSA) is 33.7 Å². The van der Waals surface area contributed by atoms with Gasteiger partial charge in [-0.15, -0.1) is 24.8 Å². The van der Waals surface area contributed by atoms with E-state index in [-0.39, 0.29) is 24.8 Å². The average Bonchev–Trinajstić information content (AvgIpc) is 2.51. The Morgan fingerprint density at radius 3 is 2.00 bits per heavy atom. The lowest BCUT2D eigenvalue weighted by Crippen LogP contribution is -2.48. The van der Waals surface area contributed by atoms with Crippen molar-refractivity contribution in [3.05, 3.63) is 23.3 Å². The van der Waals surface area contributed by atoms with Crippen LogP contribution in [0.25, 0.3) is 0 Å². The van der Waals surface area contributed by atoms with Gasteiger partial charge in [-0.3, -0.25) is 4.90 Å². The molecule has 1 N–H and O–H groups in total. The predicted molar refractivity (Wildman–Crippen MR) is 103 cm³/mol. The molecule has 0 radical (unpaired) electrons. The predicted octanol–water partition coefficient (Wildman–Crippen LogP) is 3.60. The van der Waals surface area contributed by atoms with E-state index in [1.807, 2.05) is 0 Å². The van der Waals surface area contributed by atoms with Crippen molar-refractivity contribution in [3.8, 4) is 11.5 Å². The number of rotatable bonds is 5. The Morgan fingerprint density at radius 1 is 1.04 bits per heavy atom. The van der Waals surface area contributed by atoms with Gasteiger partial charge in [-0.25, -0.2) is 0 Å². The first kappa shape index (κ1) is 21.4. The summed E-state index contributed by atoms with van der Waals surface area (Å²) in [4.78, 5) is 2.62. The number of nitrogens with one attached hydrogen (secondary N) is 1. The lowest BCUT2D eigenvalue weighted by Gasteiger charge is -2.44. The first-order valence-corrected chi connectivity index (χ1v) is 8.42. The Balaban J connectivity index is 0.00000144. The van der Waals surface area contributed by atoms with Gasteiger partial charge in [0.2, 0.25) is 0 Å². The normalized spacial score (nSPS) is 19.5. The summed E-state index contributed by atoms with van der Waals surface area (Å²) in [6.07, 6.45) is 3.98. The fourth-order valence-electron chi connectivity index (χ4n) is 3.79. The molecule has 1 aliphatic carbocycles. The second kappa shape index (κ2) is 9.71. The minimum atomic E-state index is 0. The lowest BCUT2D eigenvalue weighted by molar-refractivity contribution is 0.0799. The van der Waals surface area contributed by atoms with Gasteiger partial charge in [-0.05, 0) is 43.4 Å². The van der Waals surface area contributed by atoms with Gasteiger partial charge in [0, 0.05) is 32.2 Å². The number of aryl methyl sites for hydroxylation is 1. The maximum atomic E-state index is 5.74. The van der Waals surface area contributed by atoms with Crippen molar-refractivity contribution >= 4 is 24.8 Å². The maximum Gasteiger partial charge on any atom is 0.127 e. The van der Waals surface area contributed by atoms with Gasteiger partial charge in [-0.1, -0.05) is 6.42 Å². The third kappa shape index (κ3) is 4.29. The lowest BCUT2D eigenvalue weighted by atomic mass is 9.75. The van der Waals surface area contributed by atoms with Crippen LogP contribution in [0.15, 0.2) is 12.1 Å². The van der Waals surface area contributed by atoms with Crippen LogP contribution in [0.4, 0.5) is 0 Å². The second-order valence-corrected chi connectivity index (χ2v) is 6.50. The Morgan fingerprint density at radius 2 is 1.58 bits per heavy atom. The molecule has 0 unspecified atom stereocenters. The Bertz CT molecular complexity index is 493. The molecule has 3 rings (SSSR count). The highest BCUT2D eigenvalue weighted by Gasteiger charge is 2.37. The van der Waals surface area contributed by atoms with Gasteiger partial charge in [0.15, 0.2) is 0 Å². The van der Waals surface area contributed by atoms with Crippen molar-refractivity contribution in [3.63, 3.8) is 0 Å². The fourth-order valence-corrected chi connectivity index (χ4v) is 3.79. The van der Waals surface area contributed by atoms with Gasteiger partial charge in [-0.2, -0.15) is 0 Å². The first-order valence-electron chi connectivity index (χ1n) is 8.42. The number of ether oxygens (including phenoxy) is 2. The van der Waals surface area contributed by atoms with Crippen LogP contribution < -0.4 is 14.8 Å². The van der Waals surface area contributed by atoms with E-state index in [2.05, 4.69) is 29.3 Å². The van der Waals surface area contributed by atoms with Gasteiger partial charge in [0.1, 0.15) is 11.5 Å². The van der Waals surface area contributed by atoms with Crippen molar-refractivity contribution in [1.29, 1.82) is 0 Å². The molecule has 1 aromatic rings. The van der Waals surface area contributed by atoms with Crippen LogP contribution in [0.1, 0.15) is 36.4 Å². The SMILES string of the molecule is COc1cc(C)cc(OC)c1[C@@H](C1CCC1)N1CCNCC1.Cl.Cl. The summed E-state index contributed by atoms with van der Waals surface area (Å²) in [5.41, 5.74) is 2.44. The quantitative estimate of drug-likeness (QED) is 0.850. The van der Waals surface area contributed by atoms with E-state index >= 15 is 0 Å². The third-order valence-electron chi connectivity index (χ3n) is 5.13. The Kier molecular flexibility index (Phi) is 8.65. The van der Waals surface area contributed by atoms with Crippen molar-refractivity contribution in [2.75, 3.05) is 40.4 Å². The maximum absolute atomic E-state index is 5.74. The van der Waals surface area contributed by atoms with E-state index in [4.69, 9.17) is 9.47 Å². The summed E-state index contributed by atoms with van der Waals surface area (Å²) >= 11 is 0. The molecule has 0 amide bonds. The molecule has 0 aromatic heterocycles. The summed E-state index contributed by atoms with van der Waals surface area (Å²) in [5, 5.41) is 3.46. The highest BCUT2D eigenvalue weighted by molar-refractivity contribution is 5.85. The van der Waals surface area contributed by atoms with E-state index in [0.717, 1.165) is 43.6 Å². The summed E-state index contributed by atoms with van der Waals surface area (Å²) < 4.78 is 11.5. The van der Waals surface area contributed by atoms with Crippen molar-refractivity contribution in [1.82, 2.24) is 10.2 Å². The number of nitrogens with zero attached hydrogens (tertiary/aromatic N) is 1. The van der Waals surface area contributed by atoms with E-state index < -0.39 is 0 Å². The molecule has 0 bridgehead atoms. The van der Waals surface area contributed by atoms with Gasteiger partial charge in [0.05, 0.1) is 19.8 Å². The van der Waals surface area contributed by atoms with Gasteiger partial charge >= 0.3 is 0 Å². The summed E-state index contributed by atoms with van der Waals surface area (Å²) in [5.74, 6) is 2.68. The smallest absolute Gasteiger partial charge is 0.127 e. The van der Waals surface area contributed by atoms with E-state index in [1.165, 1.54) is 30.4 Å². The zero-order chi connectivity index (χ0) is 15.5. The second-order valence-electron chi connectivity index (χ2n) is 6.50. The molecular formula is C18H30Cl2N2O2. The number of hydrogen-bond acceptors (Lipinski definition) is 4. The Hall–Kier alpha value is -0.680. The number of methoxy groups -OCH3 is 2. The van der Waals surface area contributed by atoms with Crippen LogP contribution in [0.2, 0.25) is 0 Å². The van der Waals surface area contributed by atoms with Crippen LogP contribution in [-0.4, -0.2) is 45.3 Å². The van der Waals surface area contributed by atoms with Crippen molar-refractivity contribution in [2.45, 2.75) is 32.2 Å². The molecule has 6 heteroatoms. The molecule has 4 nitrogen and oxygen atoms in total. The molecule has 1 heterocycles. The third-order valence-corrected chi connectivity index (χ3v) is 5.13. The highest BCUT2D eigenvalue weighted by Crippen LogP contribution is 2.48. The minimum Gasteiger partial charge on any atom is -0.496 e. The summed E-state index contributed by atoms with van der Waals surface area (Å²) in [7, 11) is 3.54. The summed E-state index contributed by atoms with van der Waals surface area (Å²) in [6, 6.07) is 4.71. The largest absolute Gasteiger partial charge is 0.496 e. The number of benzene rings is 1. The minimum absolute atomic E-state index is 0. The van der Waals surface area contributed by atoms with Crippen LogP contribution >= 0.6 is 24.8 Å². The van der Waals surface area contributed by atoms with E-state index in [9.17, 15) is 0 Å². The average molecular weight is 377 g/mol. The van der Waals surface area contributed by atoms with Gasteiger partial charge in [0.25, 0.3) is 0 Å². The molecule has 0 spiro atoms. The summed E-state index contributed by atoms with van der Waals surface area (Å²) in [6.45, 7) is 6.43. The van der Waals surface area contributed by atoms with E-state index in [1.54, 1.807) is 14.2 Å². The van der Waals surface area contributed by atoms with Crippen molar-refractivity contribution in [2.24, 2.45) is 5.92 Å². The number of halogens is 2.